The first-order chi connectivity index (χ1) is 27.8. The van der Waals surface area contributed by atoms with Crippen LogP contribution in [0.2, 0.25) is 0 Å². The van der Waals surface area contributed by atoms with Gasteiger partial charge in [0, 0.05) is 40.1 Å². The van der Waals surface area contributed by atoms with Crippen molar-refractivity contribution in [3.63, 3.8) is 0 Å². The molecule has 2 heteroatoms. The van der Waals surface area contributed by atoms with Gasteiger partial charge in [-0.25, -0.2) is 0 Å². The minimum Gasteiger partial charge on any atom is -0.340 e. The predicted octanol–water partition coefficient (Wildman–Crippen LogP) is 15.4. The molecule has 1 saturated carbocycles. The molecule has 7 aromatic rings. The summed E-state index contributed by atoms with van der Waals surface area (Å²) in [5, 5.41) is 5.23. The van der Waals surface area contributed by atoms with Gasteiger partial charge in [0.05, 0.1) is 5.54 Å². The van der Waals surface area contributed by atoms with E-state index in [1.807, 2.05) is 0 Å². The van der Waals surface area contributed by atoms with Crippen molar-refractivity contribution >= 4 is 44.3 Å². The Balaban J connectivity index is 1.20. The molecule has 2 heterocycles. The van der Waals surface area contributed by atoms with E-state index in [4.69, 9.17) is 0 Å². The van der Waals surface area contributed by atoms with E-state index in [-0.39, 0.29) is 16.4 Å². The van der Waals surface area contributed by atoms with Crippen LogP contribution in [0.4, 0.5) is 22.7 Å². The molecule has 0 aromatic heterocycles. The highest BCUT2D eigenvalue weighted by Gasteiger charge is 2.57. The van der Waals surface area contributed by atoms with Crippen molar-refractivity contribution in [1.29, 1.82) is 0 Å². The van der Waals surface area contributed by atoms with Crippen LogP contribution in [0.15, 0.2) is 146 Å². The second-order valence-corrected chi connectivity index (χ2v) is 18.1. The molecule has 3 aliphatic rings. The Morgan fingerprint density at radius 2 is 1.07 bits per heavy atom. The van der Waals surface area contributed by atoms with Crippen molar-refractivity contribution in [3.8, 4) is 22.3 Å². The number of hydrogen-bond acceptors (Lipinski definition) is 2. The van der Waals surface area contributed by atoms with E-state index in [0.29, 0.717) is 0 Å². The standard InChI is InChI=1S/C55H56N2/c1-5-6-7-18-33-53(2)38-56(49-27-16-14-25-47(49)53)41-29-31-43-45(36-41)51(39-21-10-8-11-22-39)44-32-30-42(37-46(44)52(43)40-23-12-9-13-24-40)57-50-28-17-15-26-48(50)54(3)34-19-20-35-55(54,57)4/h8-17,21-32,36-37H,5-7,18-20,33-35,38H2,1-4H3. The minimum atomic E-state index is 0.0000529. The second kappa shape index (κ2) is 13.9. The lowest BCUT2D eigenvalue weighted by molar-refractivity contribution is 0.195. The quantitative estimate of drug-likeness (QED) is 0.107. The van der Waals surface area contributed by atoms with Gasteiger partial charge < -0.3 is 9.80 Å². The lowest BCUT2D eigenvalue weighted by atomic mass is 9.61. The van der Waals surface area contributed by atoms with Gasteiger partial charge in [-0.1, -0.05) is 168 Å². The first-order valence-electron chi connectivity index (χ1n) is 21.8. The molecule has 2 aliphatic heterocycles. The summed E-state index contributed by atoms with van der Waals surface area (Å²) in [4.78, 5) is 5.35. The Labute approximate surface area is 340 Å². The molecule has 1 fully saturated rings. The molecular weight excluding hydrogens is 689 g/mol. The normalized spacial score (nSPS) is 22.5. The Bertz CT molecular complexity index is 2610. The van der Waals surface area contributed by atoms with Gasteiger partial charge in [0.15, 0.2) is 0 Å². The third-order valence-corrected chi connectivity index (χ3v) is 14.7. The maximum atomic E-state index is 2.73. The highest BCUT2D eigenvalue weighted by molar-refractivity contribution is 6.22. The average molecular weight is 745 g/mol. The van der Waals surface area contributed by atoms with E-state index in [9.17, 15) is 0 Å². The molecule has 0 spiro atoms. The van der Waals surface area contributed by atoms with Crippen molar-refractivity contribution in [2.75, 3.05) is 16.3 Å². The van der Waals surface area contributed by atoms with Crippen LogP contribution in [0.25, 0.3) is 43.8 Å². The first-order valence-corrected chi connectivity index (χ1v) is 21.8. The number of hydrogen-bond donors (Lipinski definition) is 0. The third-order valence-electron chi connectivity index (χ3n) is 14.7. The molecule has 3 unspecified atom stereocenters. The van der Waals surface area contributed by atoms with Gasteiger partial charge in [-0.2, -0.15) is 0 Å². The lowest BCUT2D eigenvalue weighted by Crippen LogP contribution is -2.54. The fourth-order valence-corrected chi connectivity index (χ4v) is 11.6. The highest BCUT2D eigenvalue weighted by Crippen LogP contribution is 2.61. The van der Waals surface area contributed by atoms with E-state index < -0.39 is 0 Å². The van der Waals surface area contributed by atoms with Gasteiger partial charge >= 0.3 is 0 Å². The Kier molecular flexibility index (Phi) is 8.81. The van der Waals surface area contributed by atoms with Gasteiger partial charge in [-0.05, 0) is 118 Å². The summed E-state index contributed by atoms with van der Waals surface area (Å²) in [6, 6.07) is 55.6. The summed E-state index contributed by atoms with van der Waals surface area (Å²) >= 11 is 0. The number of benzene rings is 7. The van der Waals surface area contributed by atoms with Crippen molar-refractivity contribution in [2.45, 2.75) is 102 Å². The van der Waals surface area contributed by atoms with Crippen molar-refractivity contribution in [3.05, 3.63) is 157 Å². The SMILES string of the molecule is CCCCCCC1(C)CN(c2ccc3c(-c4ccccc4)c4cc(N5c6ccccc6C6(C)CCCCC56C)ccc4c(-c4ccccc4)c3c2)c2ccccc21. The number of rotatable bonds is 9. The van der Waals surface area contributed by atoms with Gasteiger partial charge in [-0.15, -0.1) is 0 Å². The van der Waals surface area contributed by atoms with Crippen molar-refractivity contribution < 1.29 is 0 Å². The molecule has 0 bridgehead atoms. The van der Waals surface area contributed by atoms with Crippen LogP contribution in [-0.4, -0.2) is 12.1 Å². The Morgan fingerprint density at radius 1 is 0.509 bits per heavy atom. The van der Waals surface area contributed by atoms with Crippen LogP contribution in [0.5, 0.6) is 0 Å². The van der Waals surface area contributed by atoms with E-state index in [2.05, 4.69) is 183 Å². The van der Waals surface area contributed by atoms with Crippen LogP contribution in [0, 0.1) is 0 Å². The summed E-state index contributed by atoms with van der Waals surface area (Å²) in [7, 11) is 0. The topological polar surface area (TPSA) is 6.48 Å². The zero-order valence-corrected chi connectivity index (χ0v) is 34.3. The maximum Gasteiger partial charge on any atom is 0.0517 e. The Hall–Kier alpha value is -5.34. The molecule has 0 radical (unpaired) electrons. The van der Waals surface area contributed by atoms with E-state index >= 15 is 0 Å². The molecule has 0 amide bonds. The largest absolute Gasteiger partial charge is 0.340 e. The number of para-hydroxylation sites is 2. The van der Waals surface area contributed by atoms with E-state index in [1.54, 1.807) is 0 Å². The summed E-state index contributed by atoms with van der Waals surface area (Å²) in [6.07, 6.45) is 11.4. The number of nitrogens with zero attached hydrogens (tertiary/aromatic N) is 2. The second-order valence-electron chi connectivity index (χ2n) is 18.1. The third kappa shape index (κ3) is 5.58. The predicted molar refractivity (Wildman–Crippen MR) is 245 cm³/mol. The average Bonchev–Trinajstić information content (AvgIpc) is 3.66. The fraction of sp³-hybridized carbons (Fsp3) is 0.309. The number of fused-ring (bicyclic) bond motifs is 6. The monoisotopic (exact) mass is 744 g/mol. The highest BCUT2D eigenvalue weighted by atomic mass is 15.3. The molecule has 0 saturated heterocycles. The molecule has 57 heavy (non-hydrogen) atoms. The number of unbranched alkanes of at least 4 members (excludes halogenated alkanes) is 3. The maximum absolute atomic E-state index is 2.73. The molecule has 1 aliphatic carbocycles. The molecule has 2 nitrogen and oxygen atoms in total. The summed E-state index contributed by atoms with van der Waals surface area (Å²) in [5.41, 5.74) is 13.7. The molecule has 7 aromatic carbocycles. The summed E-state index contributed by atoms with van der Waals surface area (Å²) in [6.45, 7) is 10.9. The van der Waals surface area contributed by atoms with Crippen LogP contribution in [0.3, 0.4) is 0 Å². The van der Waals surface area contributed by atoms with E-state index in [0.717, 1.165) is 6.54 Å². The lowest BCUT2D eigenvalue weighted by Gasteiger charge is -2.50. The fourth-order valence-electron chi connectivity index (χ4n) is 11.6. The molecule has 0 N–H and O–H groups in total. The molecular formula is C55H56N2. The summed E-state index contributed by atoms with van der Waals surface area (Å²) < 4.78 is 0. The van der Waals surface area contributed by atoms with Crippen LogP contribution in [0.1, 0.15) is 96.6 Å². The smallest absolute Gasteiger partial charge is 0.0517 e. The van der Waals surface area contributed by atoms with Crippen LogP contribution in [-0.2, 0) is 10.8 Å². The van der Waals surface area contributed by atoms with Gasteiger partial charge in [0.1, 0.15) is 0 Å². The van der Waals surface area contributed by atoms with Gasteiger partial charge in [0.2, 0.25) is 0 Å². The first kappa shape index (κ1) is 36.0. The Morgan fingerprint density at radius 3 is 1.74 bits per heavy atom. The van der Waals surface area contributed by atoms with Gasteiger partial charge in [0.25, 0.3) is 0 Å². The zero-order chi connectivity index (χ0) is 38.8. The zero-order valence-electron chi connectivity index (χ0n) is 34.3. The minimum absolute atomic E-state index is 0.0000529. The van der Waals surface area contributed by atoms with E-state index in [1.165, 1.54) is 135 Å². The van der Waals surface area contributed by atoms with Crippen molar-refractivity contribution in [2.24, 2.45) is 0 Å². The molecule has 286 valence electrons. The van der Waals surface area contributed by atoms with Crippen molar-refractivity contribution in [1.82, 2.24) is 0 Å². The summed E-state index contributed by atoms with van der Waals surface area (Å²) in [5.74, 6) is 0. The van der Waals surface area contributed by atoms with Crippen LogP contribution < -0.4 is 9.80 Å². The van der Waals surface area contributed by atoms with Gasteiger partial charge in [-0.3, -0.25) is 0 Å². The van der Waals surface area contributed by atoms with Crippen LogP contribution >= 0.6 is 0 Å². The molecule has 10 rings (SSSR count). The molecule has 3 atom stereocenters. The number of anilines is 4.